The minimum absolute atomic E-state index is 0.0731. The van der Waals surface area contributed by atoms with E-state index in [4.69, 9.17) is 28.9 Å². The van der Waals surface area contributed by atoms with E-state index < -0.39 is 10.0 Å². The Morgan fingerprint density at radius 1 is 1.26 bits per heavy atom. The fourth-order valence-corrected chi connectivity index (χ4v) is 3.20. The van der Waals surface area contributed by atoms with E-state index in [2.05, 4.69) is 9.71 Å². The first-order chi connectivity index (χ1) is 8.94. The van der Waals surface area contributed by atoms with Gasteiger partial charge in [0.15, 0.2) is 0 Å². The van der Waals surface area contributed by atoms with E-state index in [0.29, 0.717) is 5.69 Å². The summed E-state index contributed by atoms with van der Waals surface area (Å²) in [6, 6.07) is 6.18. The molecule has 0 saturated carbocycles. The van der Waals surface area contributed by atoms with Gasteiger partial charge in [-0.1, -0.05) is 29.3 Å². The molecule has 0 unspecified atom stereocenters. The van der Waals surface area contributed by atoms with Crippen molar-refractivity contribution in [2.45, 2.75) is 11.4 Å². The lowest BCUT2D eigenvalue weighted by Gasteiger charge is -2.09. The number of aromatic amines is 1. The summed E-state index contributed by atoms with van der Waals surface area (Å²) < 4.78 is 26.6. The Hall–Kier alpha value is -1.21. The van der Waals surface area contributed by atoms with Crippen LogP contribution in [0.4, 0.5) is 5.69 Å². The third kappa shape index (κ3) is 3.03. The van der Waals surface area contributed by atoms with Crippen molar-refractivity contribution in [3.05, 3.63) is 46.2 Å². The van der Waals surface area contributed by atoms with Gasteiger partial charge < -0.3 is 10.7 Å². The molecule has 0 radical (unpaired) electrons. The maximum Gasteiger partial charge on any atom is 0.263 e. The molecule has 19 heavy (non-hydrogen) atoms. The van der Waals surface area contributed by atoms with Crippen LogP contribution in [-0.4, -0.2) is 13.4 Å². The molecule has 0 aliphatic carbocycles. The fraction of sp³-hybridized carbons (Fsp3) is 0.0909. The van der Waals surface area contributed by atoms with Crippen molar-refractivity contribution < 1.29 is 8.42 Å². The maximum absolute atomic E-state index is 12.1. The van der Waals surface area contributed by atoms with Crippen LogP contribution >= 0.6 is 23.2 Å². The zero-order chi connectivity index (χ0) is 14.0. The van der Waals surface area contributed by atoms with Gasteiger partial charge in [-0.2, -0.15) is 0 Å². The van der Waals surface area contributed by atoms with Crippen molar-refractivity contribution in [1.29, 1.82) is 0 Å². The van der Waals surface area contributed by atoms with Crippen LogP contribution < -0.4 is 10.5 Å². The normalized spacial score (nSPS) is 11.5. The smallest absolute Gasteiger partial charge is 0.263 e. The van der Waals surface area contributed by atoms with E-state index in [9.17, 15) is 8.42 Å². The zero-order valence-corrected chi connectivity index (χ0v) is 12.0. The van der Waals surface area contributed by atoms with Gasteiger partial charge in [-0.05, 0) is 18.2 Å². The van der Waals surface area contributed by atoms with E-state index in [1.54, 1.807) is 18.2 Å². The summed E-state index contributed by atoms with van der Waals surface area (Å²) in [4.78, 5) is 2.84. The second kappa shape index (κ2) is 5.42. The second-order valence-electron chi connectivity index (χ2n) is 3.77. The Labute approximate surface area is 120 Å². The van der Waals surface area contributed by atoms with Gasteiger partial charge in [0, 0.05) is 18.4 Å². The number of sulfonamides is 1. The summed E-state index contributed by atoms with van der Waals surface area (Å²) in [5.74, 6) is 0. The molecule has 0 fully saturated rings. The van der Waals surface area contributed by atoms with E-state index >= 15 is 0 Å². The number of hydrogen-bond acceptors (Lipinski definition) is 3. The van der Waals surface area contributed by atoms with Crippen molar-refractivity contribution in [1.82, 2.24) is 4.98 Å². The zero-order valence-electron chi connectivity index (χ0n) is 9.65. The van der Waals surface area contributed by atoms with Gasteiger partial charge in [0.05, 0.1) is 15.7 Å². The Morgan fingerprint density at radius 2 is 1.89 bits per heavy atom. The summed E-state index contributed by atoms with van der Waals surface area (Å²) in [7, 11) is -3.75. The van der Waals surface area contributed by atoms with Gasteiger partial charge in [0.25, 0.3) is 10.0 Å². The van der Waals surface area contributed by atoms with Crippen LogP contribution in [0.1, 0.15) is 5.69 Å². The summed E-state index contributed by atoms with van der Waals surface area (Å²) >= 11 is 11.8. The SMILES string of the molecule is NCc1cc(S(=O)(=O)Nc2c(Cl)cccc2Cl)c[nH]1. The van der Waals surface area contributed by atoms with Crippen molar-refractivity contribution in [2.24, 2.45) is 5.73 Å². The van der Waals surface area contributed by atoms with Crippen molar-refractivity contribution in [3.8, 4) is 0 Å². The molecule has 0 saturated heterocycles. The van der Waals surface area contributed by atoms with Crippen LogP contribution in [0.5, 0.6) is 0 Å². The number of halogens is 2. The largest absolute Gasteiger partial charge is 0.363 e. The van der Waals surface area contributed by atoms with E-state index in [-0.39, 0.29) is 27.2 Å². The number of nitrogens with two attached hydrogens (primary N) is 1. The second-order valence-corrected chi connectivity index (χ2v) is 6.26. The number of rotatable bonds is 4. The Kier molecular flexibility index (Phi) is 4.05. The summed E-state index contributed by atoms with van der Waals surface area (Å²) in [5.41, 5.74) is 6.19. The molecule has 1 aromatic heterocycles. The quantitative estimate of drug-likeness (QED) is 0.809. The number of nitrogens with one attached hydrogen (secondary N) is 2. The summed E-state index contributed by atoms with van der Waals surface area (Å²) in [6.07, 6.45) is 1.36. The lowest BCUT2D eigenvalue weighted by Crippen LogP contribution is -2.13. The van der Waals surface area contributed by atoms with Gasteiger partial charge in [0.2, 0.25) is 0 Å². The Balaban J connectivity index is 2.36. The molecule has 8 heteroatoms. The standard InChI is InChI=1S/C11H11Cl2N3O2S/c12-9-2-1-3-10(13)11(9)16-19(17,18)8-4-7(5-14)15-6-8/h1-4,6,15-16H,5,14H2. The van der Waals surface area contributed by atoms with E-state index in [0.717, 1.165) is 0 Å². The number of H-pyrrole nitrogens is 1. The van der Waals surface area contributed by atoms with Crippen LogP contribution in [0, 0.1) is 0 Å². The molecular weight excluding hydrogens is 309 g/mol. The molecular formula is C11H11Cl2N3O2S. The average Bonchev–Trinajstić information content (AvgIpc) is 2.83. The monoisotopic (exact) mass is 319 g/mol. The van der Waals surface area contributed by atoms with Crippen LogP contribution in [0.2, 0.25) is 10.0 Å². The predicted molar refractivity (Wildman–Crippen MR) is 76.0 cm³/mol. The highest BCUT2D eigenvalue weighted by atomic mass is 35.5. The van der Waals surface area contributed by atoms with Crippen LogP contribution in [0.15, 0.2) is 35.4 Å². The molecule has 0 bridgehead atoms. The number of benzene rings is 1. The molecule has 1 aromatic carbocycles. The molecule has 5 nitrogen and oxygen atoms in total. The van der Waals surface area contributed by atoms with E-state index in [1.807, 2.05) is 0 Å². The Bertz CT molecular complexity index is 677. The minimum Gasteiger partial charge on any atom is -0.363 e. The molecule has 2 aromatic rings. The number of hydrogen-bond donors (Lipinski definition) is 3. The summed E-state index contributed by atoms with van der Waals surface area (Å²) in [5, 5.41) is 0.455. The first kappa shape index (κ1) is 14.2. The summed E-state index contributed by atoms with van der Waals surface area (Å²) in [6.45, 7) is 0.225. The lowest BCUT2D eigenvalue weighted by atomic mass is 10.3. The fourth-order valence-electron chi connectivity index (χ4n) is 1.48. The van der Waals surface area contributed by atoms with Gasteiger partial charge in [-0.15, -0.1) is 0 Å². The third-order valence-electron chi connectivity index (χ3n) is 2.45. The van der Waals surface area contributed by atoms with Crippen LogP contribution in [-0.2, 0) is 16.6 Å². The molecule has 0 amide bonds. The van der Waals surface area contributed by atoms with Gasteiger partial charge >= 0.3 is 0 Å². The highest BCUT2D eigenvalue weighted by Crippen LogP contribution is 2.31. The van der Waals surface area contributed by atoms with Gasteiger partial charge in [0.1, 0.15) is 4.90 Å². The van der Waals surface area contributed by atoms with Crippen molar-refractivity contribution >= 4 is 38.9 Å². The van der Waals surface area contributed by atoms with Crippen LogP contribution in [0.25, 0.3) is 0 Å². The van der Waals surface area contributed by atoms with Gasteiger partial charge in [-0.25, -0.2) is 8.42 Å². The number of aromatic nitrogens is 1. The first-order valence-corrected chi connectivity index (χ1v) is 7.52. The van der Waals surface area contributed by atoms with Gasteiger partial charge in [-0.3, -0.25) is 4.72 Å². The molecule has 0 atom stereocenters. The van der Waals surface area contributed by atoms with Crippen molar-refractivity contribution in [2.75, 3.05) is 4.72 Å². The highest BCUT2D eigenvalue weighted by Gasteiger charge is 2.18. The van der Waals surface area contributed by atoms with Crippen molar-refractivity contribution in [3.63, 3.8) is 0 Å². The van der Waals surface area contributed by atoms with E-state index in [1.165, 1.54) is 12.3 Å². The number of anilines is 1. The first-order valence-electron chi connectivity index (χ1n) is 5.28. The minimum atomic E-state index is -3.75. The highest BCUT2D eigenvalue weighted by molar-refractivity contribution is 7.92. The molecule has 0 aliphatic rings. The number of para-hydroxylation sites is 1. The topological polar surface area (TPSA) is 88.0 Å². The maximum atomic E-state index is 12.1. The van der Waals surface area contributed by atoms with Crippen LogP contribution in [0.3, 0.4) is 0 Å². The molecule has 4 N–H and O–H groups in total. The molecule has 0 aliphatic heterocycles. The molecule has 102 valence electrons. The lowest BCUT2D eigenvalue weighted by molar-refractivity contribution is 0.601. The molecule has 1 heterocycles. The molecule has 0 spiro atoms. The average molecular weight is 320 g/mol. The predicted octanol–water partition coefficient (Wildman–Crippen LogP) is 2.58. The molecule has 2 rings (SSSR count). The Morgan fingerprint density at radius 3 is 2.42 bits per heavy atom. The third-order valence-corrected chi connectivity index (χ3v) is 4.40.